The molecule has 154 valence electrons. The van der Waals surface area contributed by atoms with Crippen LogP contribution in [0.1, 0.15) is 26.2 Å². The third kappa shape index (κ3) is 11.1. The van der Waals surface area contributed by atoms with Gasteiger partial charge in [0.1, 0.15) is 12.1 Å². The topological polar surface area (TPSA) is 188 Å². The van der Waals surface area contributed by atoms with Gasteiger partial charge in [-0.3, -0.25) is 19.2 Å². The molecule has 12 heteroatoms. The van der Waals surface area contributed by atoms with Crippen LogP contribution >= 0.6 is 11.8 Å². The molecule has 11 nitrogen and oxygen atoms in total. The van der Waals surface area contributed by atoms with Gasteiger partial charge in [0, 0.05) is 6.42 Å². The highest BCUT2D eigenvalue weighted by atomic mass is 32.2. The molecule has 0 aliphatic carbocycles. The first-order chi connectivity index (χ1) is 12.6. The highest BCUT2D eigenvalue weighted by molar-refractivity contribution is 7.98. The number of aliphatic carboxylic acids is 2. The number of hydrogen-bond acceptors (Lipinski definition) is 7. The van der Waals surface area contributed by atoms with Crippen LogP contribution in [0.25, 0.3) is 0 Å². The van der Waals surface area contributed by atoms with E-state index in [0.29, 0.717) is 5.75 Å². The second-order valence-corrected chi connectivity index (χ2v) is 6.71. The molecule has 0 fully saturated rings. The molecule has 0 aromatic carbocycles. The first-order valence-corrected chi connectivity index (χ1v) is 9.54. The van der Waals surface area contributed by atoms with Crippen LogP contribution in [0.2, 0.25) is 0 Å². The summed E-state index contributed by atoms with van der Waals surface area (Å²) in [6.07, 6.45) is 1.70. The lowest BCUT2D eigenvalue weighted by molar-refractivity contribution is -0.142. The van der Waals surface area contributed by atoms with Crippen LogP contribution in [0.3, 0.4) is 0 Å². The summed E-state index contributed by atoms with van der Waals surface area (Å²) in [7, 11) is 0. The summed E-state index contributed by atoms with van der Waals surface area (Å²) < 4.78 is 0. The molecule has 0 heterocycles. The smallest absolute Gasteiger partial charge is 0.326 e. The van der Waals surface area contributed by atoms with E-state index < -0.39 is 54.3 Å². The molecule has 0 aromatic rings. The monoisotopic (exact) mass is 406 g/mol. The molecule has 0 spiro atoms. The molecule has 0 rings (SSSR count). The van der Waals surface area contributed by atoms with E-state index in [-0.39, 0.29) is 19.3 Å². The quantitative estimate of drug-likeness (QED) is 0.203. The molecule has 3 atom stereocenters. The maximum absolute atomic E-state index is 11.9. The number of carbonyl (C=O) groups is 5. The van der Waals surface area contributed by atoms with Gasteiger partial charge >= 0.3 is 11.9 Å². The Hall–Kier alpha value is -2.34. The Morgan fingerprint density at radius 3 is 2.19 bits per heavy atom. The number of rotatable bonds is 13. The van der Waals surface area contributed by atoms with Crippen molar-refractivity contribution in [1.82, 2.24) is 16.0 Å². The number of nitrogens with two attached hydrogens (primary N) is 1. The summed E-state index contributed by atoms with van der Waals surface area (Å²) in [5, 5.41) is 24.5. The second-order valence-electron chi connectivity index (χ2n) is 5.73. The van der Waals surface area contributed by atoms with Gasteiger partial charge in [0.25, 0.3) is 0 Å². The number of carboxylic acid groups (broad SMARTS) is 2. The standard InChI is InChI=1S/C15H26N4O7S/c1-8(18-14(24)9(16)3-4-12(21)22)13(23)17-7-11(20)19-10(15(25)26)5-6-27-2/h8-10H,3-7,16H2,1-2H3,(H,17,23)(H,18,24)(H,19,20)(H,21,22)(H,25,26). The van der Waals surface area contributed by atoms with Crippen molar-refractivity contribution in [3.05, 3.63) is 0 Å². The van der Waals surface area contributed by atoms with E-state index in [9.17, 15) is 24.0 Å². The summed E-state index contributed by atoms with van der Waals surface area (Å²) in [5.41, 5.74) is 5.53. The summed E-state index contributed by atoms with van der Waals surface area (Å²) in [5.74, 6) is -3.73. The van der Waals surface area contributed by atoms with E-state index in [1.165, 1.54) is 18.7 Å². The van der Waals surface area contributed by atoms with Gasteiger partial charge < -0.3 is 31.9 Å². The predicted molar refractivity (Wildman–Crippen MR) is 98.0 cm³/mol. The van der Waals surface area contributed by atoms with E-state index >= 15 is 0 Å². The predicted octanol–water partition coefficient (Wildman–Crippen LogP) is -1.88. The lowest BCUT2D eigenvalue weighted by atomic mass is 10.1. The number of thioether (sulfide) groups is 1. The molecule has 0 saturated heterocycles. The Labute approximate surface area is 160 Å². The number of carboxylic acids is 2. The van der Waals surface area contributed by atoms with Crippen LogP contribution in [0.4, 0.5) is 0 Å². The fraction of sp³-hybridized carbons (Fsp3) is 0.667. The third-order valence-electron chi connectivity index (χ3n) is 3.43. The van der Waals surface area contributed by atoms with Crippen molar-refractivity contribution >= 4 is 41.4 Å². The average molecular weight is 406 g/mol. The summed E-state index contributed by atoms with van der Waals surface area (Å²) in [6.45, 7) is 0.917. The van der Waals surface area contributed by atoms with Crippen LogP contribution in [0, 0.1) is 0 Å². The summed E-state index contributed by atoms with van der Waals surface area (Å²) >= 11 is 1.44. The molecule has 3 amide bonds. The zero-order valence-electron chi connectivity index (χ0n) is 15.2. The molecular weight excluding hydrogens is 380 g/mol. The van der Waals surface area contributed by atoms with E-state index in [4.69, 9.17) is 15.9 Å². The van der Waals surface area contributed by atoms with Crippen molar-refractivity contribution in [3.63, 3.8) is 0 Å². The van der Waals surface area contributed by atoms with Crippen molar-refractivity contribution in [1.29, 1.82) is 0 Å². The molecule has 0 aliphatic heterocycles. The first kappa shape index (κ1) is 24.7. The highest BCUT2D eigenvalue weighted by Crippen LogP contribution is 2.01. The zero-order valence-corrected chi connectivity index (χ0v) is 16.0. The minimum absolute atomic E-state index is 0.0788. The van der Waals surface area contributed by atoms with E-state index in [0.717, 1.165) is 0 Å². The van der Waals surface area contributed by atoms with Gasteiger partial charge in [-0.15, -0.1) is 0 Å². The Bertz CT molecular complexity index is 558. The second kappa shape index (κ2) is 12.9. The minimum atomic E-state index is -1.17. The summed E-state index contributed by atoms with van der Waals surface area (Å²) in [4.78, 5) is 57.0. The number of amides is 3. The molecule has 0 saturated carbocycles. The molecule has 0 bridgehead atoms. The van der Waals surface area contributed by atoms with Crippen molar-refractivity contribution in [3.8, 4) is 0 Å². The molecule has 3 unspecified atom stereocenters. The summed E-state index contributed by atoms with van der Waals surface area (Å²) in [6, 6.07) is -3.13. The van der Waals surface area contributed by atoms with Crippen molar-refractivity contribution in [2.45, 2.75) is 44.3 Å². The van der Waals surface area contributed by atoms with Crippen molar-refractivity contribution in [2.75, 3.05) is 18.6 Å². The maximum Gasteiger partial charge on any atom is 0.326 e. The van der Waals surface area contributed by atoms with Gasteiger partial charge in [0.15, 0.2) is 0 Å². The van der Waals surface area contributed by atoms with Gasteiger partial charge in [0.2, 0.25) is 17.7 Å². The lowest BCUT2D eigenvalue weighted by Gasteiger charge is -2.18. The minimum Gasteiger partial charge on any atom is -0.481 e. The largest absolute Gasteiger partial charge is 0.481 e. The molecular formula is C15H26N4O7S. The fourth-order valence-corrected chi connectivity index (χ4v) is 2.33. The van der Waals surface area contributed by atoms with Crippen LogP contribution in [0.5, 0.6) is 0 Å². The van der Waals surface area contributed by atoms with Gasteiger partial charge in [-0.05, 0) is 31.8 Å². The average Bonchev–Trinajstić information content (AvgIpc) is 2.60. The van der Waals surface area contributed by atoms with Crippen LogP contribution < -0.4 is 21.7 Å². The van der Waals surface area contributed by atoms with E-state index in [1.54, 1.807) is 0 Å². The number of carbonyl (C=O) groups excluding carboxylic acids is 3. The Morgan fingerprint density at radius 2 is 1.67 bits per heavy atom. The van der Waals surface area contributed by atoms with Gasteiger partial charge in [0.05, 0.1) is 12.6 Å². The number of hydrogen-bond donors (Lipinski definition) is 6. The van der Waals surface area contributed by atoms with Crippen molar-refractivity contribution < 1.29 is 34.2 Å². The Kier molecular flexibility index (Phi) is 11.8. The lowest BCUT2D eigenvalue weighted by Crippen LogP contribution is -2.52. The van der Waals surface area contributed by atoms with Crippen molar-refractivity contribution in [2.24, 2.45) is 5.73 Å². The molecule has 0 aliphatic rings. The zero-order chi connectivity index (χ0) is 21.0. The fourth-order valence-electron chi connectivity index (χ4n) is 1.85. The molecule has 7 N–H and O–H groups in total. The Balaban J connectivity index is 4.34. The van der Waals surface area contributed by atoms with E-state index in [2.05, 4.69) is 16.0 Å². The maximum atomic E-state index is 11.9. The van der Waals surface area contributed by atoms with E-state index in [1.807, 2.05) is 6.26 Å². The highest BCUT2D eigenvalue weighted by Gasteiger charge is 2.22. The molecule has 27 heavy (non-hydrogen) atoms. The number of nitrogens with one attached hydrogen (secondary N) is 3. The molecule has 0 radical (unpaired) electrons. The van der Waals surface area contributed by atoms with Crippen LogP contribution in [-0.4, -0.2) is 76.6 Å². The molecule has 0 aromatic heterocycles. The Morgan fingerprint density at radius 1 is 1.04 bits per heavy atom. The van der Waals surface area contributed by atoms with Gasteiger partial charge in [-0.25, -0.2) is 4.79 Å². The SMILES string of the molecule is CSCCC(NC(=O)CNC(=O)C(C)NC(=O)C(N)CCC(=O)O)C(=O)O. The van der Waals surface area contributed by atoms with Gasteiger partial charge in [-0.2, -0.15) is 11.8 Å². The van der Waals surface area contributed by atoms with Gasteiger partial charge in [-0.1, -0.05) is 0 Å². The third-order valence-corrected chi connectivity index (χ3v) is 4.07. The van der Waals surface area contributed by atoms with Crippen LogP contribution in [0.15, 0.2) is 0 Å². The first-order valence-electron chi connectivity index (χ1n) is 8.15. The normalized spacial score (nSPS) is 13.7. The van der Waals surface area contributed by atoms with Crippen LogP contribution in [-0.2, 0) is 24.0 Å².